The normalized spacial score (nSPS) is 13.0. The maximum atomic E-state index is 12.2. The highest BCUT2D eigenvalue weighted by Gasteiger charge is 2.20. The lowest BCUT2D eigenvalue weighted by atomic mass is 10.1. The number of hydrogen-bond acceptors (Lipinski definition) is 4. The zero-order chi connectivity index (χ0) is 16.2. The van der Waals surface area contributed by atoms with Crippen LogP contribution in [0, 0.1) is 0 Å². The molecule has 0 saturated heterocycles. The number of carboxylic acid groups (broad SMARTS) is 1. The van der Waals surface area contributed by atoms with Crippen molar-refractivity contribution in [3.05, 3.63) is 52.2 Å². The number of nitrogens with one attached hydrogen (secondary N) is 1. The average Bonchev–Trinajstić information content (AvgIpc) is 2.97. The summed E-state index contributed by atoms with van der Waals surface area (Å²) >= 11 is 0.903. The first-order valence-electron chi connectivity index (χ1n) is 6.76. The Morgan fingerprint density at radius 1 is 1.32 bits per heavy atom. The second-order valence-corrected chi connectivity index (χ2v) is 7.62. The quantitative estimate of drug-likeness (QED) is 0.812. The van der Waals surface area contributed by atoms with E-state index in [9.17, 15) is 13.2 Å². The second kappa shape index (κ2) is 7.04. The van der Waals surface area contributed by atoms with Gasteiger partial charge in [-0.15, -0.1) is 11.3 Å². The van der Waals surface area contributed by atoms with Crippen molar-refractivity contribution in [2.75, 3.05) is 0 Å². The predicted octanol–water partition coefficient (Wildman–Crippen LogP) is 2.75. The van der Waals surface area contributed by atoms with Gasteiger partial charge in [0.2, 0.25) is 10.0 Å². The molecule has 2 N–H and O–H groups in total. The van der Waals surface area contributed by atoms with Crippen molar-refractivity contribution < 1.29 is 18.3 Å². The minimum atomic E-state index is -3.68. The van der Waals surface area contributed by atoms with Gasteiger partial charge in [-0.25, -0.2) is 17.9 Å². The van der Waals surface area contributed by atoms with Crippen LogP contribution in [0.3, 0.4) is 0 Å². The summed E-state index contributed by atoms with van der Waals surface area (Å²) in [6.45, 7) is 1.80. The van der Waals surface area contributed by atoms with Gasteiger partial charge in [-0.05, 0) is 31.4 Å². The molecule has 2 aromatic rings. The number of carbonyl (C=O) groups is 1. The minimum absolute atomic E-state index is 0.00135. The van der Waals surface area contributed by atoms with E-state index >= 15 is 0 Å². The SMILES string of the molecule is CC(CCc1ccccc1)NS(=O)(=O)c1csc(C(=O)O)c1. The van der Waals surface area contributed by atoms with Gasteiger partial charge in [0.15, 0.2) is 0 Å². The van der Waals surface area contributed by atoms with Gasteiger partial charge in [-0.3, -0.25) is 0 Å². The Kier molecular flexibility index (Phi) is 5.33. The van der Waals surface area contributed by atoms with Crippen LogP contribution < -0.4 is 4.72 Å². The molecule has 0 bridgehead atoms. The molecular formula is C15H17NO4S2. The molecule has 0 spiro atoms. The lowest BCUT2D eigenvalue weighted by Crippen LogP contribution is -2.32. The molecule has 1 atom stereocenters. The minimum Gasteiger partial charge on any atom is -0.477 e. The van der Waals surface area contributed by atoms with Crippen LogP contribution in [-0.2, 0) is 16.4 Å². The lowest BCUT2D eigenvalue weighted by molar-refractivity contribution is 0.0702. The molecule has 0 amide bonds. The Balaban J connectivity index is 1.97. The van der Waals surface area contributed by atoms with Gasteiger partial charge < -0.3 is 5.11 Å². The van der Waals surface area contributed by atoms with E-state index < -0.39 is 16.0 Å². The van der Waals surface area contributed by atoms with Crippen molar-refractivity contribution in [2.45, 2.75) is 30.7 Å². The number of aryl methyl sites for hydroxylation is 1. The van der Waals surface area contributed by atoms with Crippen LogP contribution >= 0.6 is 11.3 Å². The maximum Gasteiger partial charge on any atom is 0.345 e. The Bertz CT molecular complexity index is 738. The molecule has 1 aromatic carbocycles. The summed E-state index contributed by atoms with van der Waals surface area (Å²) in [6, 6.07) is 10.8. The van der Waals surface area contributed by atoms with Crippen LogP contribution in [-0.4, -0.2) is 25.5 Å². The Labute approximate surface area is 133 Å². The van der Waals surface area contributed by atoms with Crippen LogP contribution in [0.1, 0.15) is 28.6 Å². The molecule has 1 aromatic heterocycles. The van der Waals surface area contributed by atoms with Crippen molar-refractivity contribution in [1.29, 1.82) is 0 Å². The fourth-order valence-electron chi connectivity index (χ4n) is 1.99. The highest BCUT2D eigenvalue weighted by Crippen LogP contribution is 2.19. The van der Waals surface area contributed by atoms with Crippen LogP contribution in [0.2, 0.25) is 0 Å². The van der Waals surface area contributed by atoms with Crippen LogP contribution in [0.15, 0.2) is 46.7 Å². The Morgan fingerprint density at radius 3 is 2.59 bits per heavy atom. The number of hydrogen-bond donors (Lipinski definition) is 2. The highest BCUT2D eigenvalue weighted by atomic mass is 32.2. The first kappa shape index (κ1) is 16.7. The fraction of sp³-hybridized carbons (Fsp3) is 0.267. The number of carboxylic acids is 1. The third-order valence-corrected chi connectivity index (χ3v) is 5.80. The molecule has 1 heterocycles. The lowest BCUT2D eigenvalue weighted by Gasteiger charge is -2.13. The molecule has 2 rings (SSSR count). The Hall–Kier alpha value is -1.70. The van der Waals surface area contributed by atoms with Crippen LogP contribution in [0.5, 0.6) is 0 Å². The van der Waals surface area contributed by atoms with Crippen molar-refractivity contribution in [3.63, 3.8) is 0 Å². The van der Waals surface area contributed by atoms with Gasteiger partial charge in [0.1, 0.15) is 4.88 Å². The molecule has 0 saturated carbocycles. The molecule has 0 aliphatic rings. The molecule has 5 nitrogen and oxygen atoms in total. The van der Waals surface area contributed by atoms with E-state index in [4.69, 9.17) is 5.11 Å². The third-order valence-electron chi connectivity index (χ3n) is 3.16. The fourth-order valence-corrected chi connectivity index (χ4v) is 4.38. The summed E-state index contributed by atoms with van der Waals surface area (Å²) in [5, 5.41) is 10.2. The molecule has 7 heteroatoms. The monoisotopic (exact) mass is 339 g/mol. The molecule has 0 aliphatic heterocycles. The number of thiophene rings is 1. The van der Waals surface area contributed by atoms with Crippen molar-refractivity contribution in [3.8, 4) is 0 Å². The standard InChI is InChI=1S/C15H17NO4S2/c1-11(7-8-12-5-3-2-4-6-12)16-22(19,20)13-9-14(15(17)18)21-10-13/h2-6,9-11,16H,7-8H2,1H3,(H,17,18). The molecule has 0 fully saturated rings. The smallest absolute Gasteiger partial charge is 0.345 e. The first-order chi connectivity index (χ1) is 10.4. The van der Waals surface area contributed by atoms with Gasteiger partial charge >= 0.3 is 5.97 Å². The zero-order valence-electron chi connectivity index (χ0n) is 12.0. The van der Waals surface area contributed by atoms with Crippen molar-refractivity contribution >= 4 is 27.3 Å². The molecule has 1 unspecified atom stereocenters. The number of sulfonamides is 1. The number of benzene rings is 1. The summed E-state index contributed by atoms with van der Waals surface area (Å²) in [6.07, 6.45) is 1.44. The van der Waals surface area contributed by atoms with E-state index in [1.807, 2.05) is 30.3 Å². The summed E-state index contributed by atoms with van der Waals surface area (Å²) < 4.78 is 27.0. The van der Waals surface area contributed by atoms with E-state index in [1.165, 1.54) is 11.4 Å². The second-order valence-electron chi connectivity index (χ2n) is 5.00. The van der Waals surface area contributed by atoms with Gasteiger partial charge in [0, 0.05) is 11.4 Å². The predicted molar refractivity (Wildman–Crippen MR) is 85.8 cm³/mol. The molecular weight excluding hydrogens is 322 g/mol. The van der Waals surface area contributed by atoms with Gasteiger partial charge in [-0.1, -0.05) is 30.3 Å². The highest BCUT2D eigenvalue weighted by molar-refractivity contribution is 7.89. The maximum absolute atomic E-state index is 12.2. The summed E-state index contributed by atoms with van der Waals surface area (Å²) in [5.41, 5.74) is 1.15. The summed E-state index contributed by atoms with van der Waals surface area (Å²) in [7, 11) is -3.68. The summed E-state index contributed by atoms with van der Waals surface area (Å²) in [4.78, 5) is 10.8. The molecule has 22 heavy (non-hydrogen) atoms. The first-order valence-corrected chi connectivity index (χ1v) is 9.13. The Morgan fingerprint density at radius 2 is 2.00 bits per heavy atom. The zero-order valence-corrected chi connectivity index (χ0v) is 13.7. The average molecular weight is 339 g/mol. The van der Waals surface area contributed by atoms with Gasteiger partial charge in [0.05, 0.1) is 4.90 Å². The summed E-state index contributed by atoms with van der Waals surface area (Å²) in [5.74, 6) is -1.12. The third kappa shape index (κ3) is 4.40. The molecule has 0 radical (unpaired) electrons. The number of rotatable bonds is 7. The van der Waals surface area contributed by atoms with Crippen molar-refractivity contribution in [1.82, 2.24) is 4.72 Å². The van der Waals surface area contributed by atoms with Gasteiger partial charge in [0.25, 0.3) is 0 Å². The van der Waals surface area contributed by atoms with E-state index in [-0.39, 0.29) is 15.8 Å². The van der Waals surface area contributed by atoms with Crippen LogP contribution in [0.4, 0.5) is 0 Å². The van der Waals surface area contributed by atoms with E-state index in [2.05, 4.69) is 4.72 Å². The van der Waals surface area contributed by atoms with E-state index in [1.54, 1.807) is 6.92 Å². The molecule has 118 valence electrons. The molecule has 0 aliphatic carbocycles. The number of aromatic carboxylic acids is 1. The van der Waals surface area contributed by atoms with E-state index in [0.717, 1.165) is 23.3 Å². The largest absolute Gasteiger partial charge is 0.477 e. The topological polar surface area (TPSA) is 83.5 Å². The van der Waals surface area contributed by atoms with E-state index in [0.29, 0.717) is 6.42 Å². The van der Waals surface area contributed by atoms with Gasteiger partial charge in [-0.2, -0.15) is 0 Å². The van der Waals surface area contributed by atoms with Crippen molar-refractivity contribution in [2.24, 2.45) is 0 Å². The van der Waals surface area contributed by atoms with Crippen LogP contribution in [0.25, 0.3) is 0 Å².